The maximum absolute atomic E-state index is 12.7. The maximum Gasteiger partial charge on any atom is 0.261 e. The lowest BCUT2D eigenvalue weighted by molar-refractivity contribution is -0.117. The number of fused-ring (bicyclic) bond motifs is 1. The number of nitrogens with one attached hydrogen (secondary N) is 2. The number of carbonyl (C=O) groups is 1. The van der Waals surface area contributed by atoms with Gasteiger partial charge in [-0.2, -0.15) is 5.26 Å². The van der Waals surface area contributed by atoms with E-state index in [0.717, 1.165) is 22.0 Å². The van der Waals surface area contributed by atoms with Gasteiger partial charge in [-0.15, -0.1) is 0 Å². The molecule has 0 atom stereocenters. The van der Waals surface area contributed by atoms with Gasteiger partial charge in [0.25, 0.3) is 5.91 Å². The van der Waals surface area contributed by atoms with Crippen molar-refractivity contribution in [2.45, 2.75) is 20.0 Å². The lowest BCUT2D eigenvalue weighted by Crippen LogP contribution is -2.26. The average molecular weight is 579 g/mol. The fourth-order valence-corrected chi connectivity index (χ4v) is 4.66. The Kier molecular flexibility index (Phi) is 8.89. The van der Waals surface area contributed by atoms with E-state index in [-0.39, 0.29) is 12.2 Å². The van der Waals surface area contributed by atoms with Gasteiger partial charge >= 0.3 is 0 Å². The molecule has 6 nitrogen and oxygen atoms in total. The number of halogens is 2. The number of nitrogens with zero attached hydrogens (tertiary/aromatic N) is 1. The van der Waals surface area contributed by atoms with Gasteiger partial charge < -0.3 is 19.8 Å². The van der Waals surface area contributed by atoms with E-state index in [2.05, 4.69) is 26.2 Å². The van der Waals surface area contributed by atoms with Crippen LogP contribution in [0.5, 0.6) is 11.5 Å². The largest absolute Gasteiger partial charge is 0.490 e. The molecule has 1 amide bonds. The minimum absolute atomic E-state index is 0.00184. The topological polar surface area (TPSA) is 87.1 Å². The molecule has 4 aromatic rings. The number of para-hydroxylation sites is 1. The summed E-state index contributed by atoms with van der Waals surface area (Å²) in [6.45, 7) is 2.95. The molecule has 0 aliphatic carbocycles. The number of benzene rings is 3. The van der Waals surface area contributed by atoms with Gasteiger partial charge in [0, 0.05) is 34.2 Å². The molecule has 0 aliphatic rings. The number of nitriles is 1. The van der Waals surface area contributed by atoms with E-state index in [1.807, 2.05) is 67.7 Å². The summed E-state index contributed by atoms with van der Waals surface area (Å²) in [5, 5.41) is 14.2. The second-order valence-corrected chi connectivity index (χ2v) is 9.44. The fraction of sp³-hybridized carbons (Fsp3) is 0.172. The normalized spacial score (nSPS) is 11.2. The summed E-state index contributed by atoms with van der Waals surface area (Å²) in [5.41, 5.74) is 3.63. The van der Waals surface area contributed by atoms with Crippen molar-refractivity contribution in [1.82, 2.24) is 10.3 Å². The highest BCUT2D eigenvalue weighted by Gasteiger charge is 2.15. The number of amides is 1. The van der Waals surface area contributed by atoms with Crippen molar-refractivity contribution < 1.29 is 14.3 Å². The van der Waals surface area contributed by atoms with Gasteiger partial charge in [0.15, 0.2) is 11.5 Å². The Morgan fingerprint density at radius 3 is 2.70 bits per heavy atom. The third kappa shape index (κ3) is 6.53. The van der Waals surface area contributed by atoms with Crippen LogP contribution < -0.4 is 14.8 Å². The zero-order chi connectivity index (χ0) is 26.2. The number of aromatic nitrogens is 1. The molecular formula is C29H25BrClN3O3. The summed E-state index contributed by atoms with van der Waals surface area (Å²) in [7, 11) is 0. The predicted molar refractivity (Wildman–Crippen MR) is 150 cm³/mol. The summed E-state index contributed by atoms with van der Waals surface area (Å²) in [4.78, 5) is 16.0. The van der Waals surface area contributed by atoms with E-state index in [0.29, 0.717) is 46.1 Å². The molecule has 0 unspecified atom stereocenters. The summed E-state index contributed by atoms with van der Waals surface area (Å²) in [5.74, 6) is 0.572. The summed E-state index contributed by atoms with van der Waals surface area (Å²) in [6.07, 6.45) is 4.12. The Balaban J connectivity index is 1.46. The van der Waals surface area contributed by atoms with Crippen molar-refractivity contribution in [2.75, 3.05) is 13.2 Å². The van der Waals surface area contributed by atoms with Crippen LogP contribution in [0.25, 0.3) is 17.0 Å². The van der Waals surface area contributed by atoms with Crippen molar-refractivity contribution in [1.29, 1.82) is 5.26 Å². The third-order valence-corrected chi connectivity index (χ3v) is 6.65. The first-order valence-corrected chi connectivity index (χ1v) is 12.9. The lowest BCUT2D eigenvalue weighted by Gasteiger charge is -2.15. The van der Waals surface area contributed by atoms with Gasteiger partial charge in [-0.3, -0.25) is 4.79 Å². The van der Waals surface area contributed by atoms with E-state index in [9.17, 15) is 10.1 Å². The van der Waals surface area contributed by atoms with Crippen LogP contribution in [0.15, 0.2) is 76.9 Å². The molecule has 1 heterocycles. The van der Waals surface area contributed by atoms with Gasteiger partial charge in [-0.1, -0.05) is 48.0 Å². The molecule has 188 valence electrons. The van der Waals surface area contributed by atoms with Gasteiger partial charge in [0.1, 0.15) is 18.2 Å². The Morgan fingerprint density at radius 1 is 1.14 bits per heavy atom. The summed E-state index contributed by atoms with van der Waals surface area (Å²) >= 11 is 9.79. The van der Waals surface area contributed by atoms with Gasteiger partial charge in [0.05, 0.1) is 11.1 Å². The van der Waals surface area contributed by atoms with Gasteiger partial charge in [0.2, 0.25) is 0 Å². The highest BCUT2D eigenvalue weighted by atomic mass is 79.9. The molecule has 0 aliphatic heterocycles. The molecule has 0 bridgehead atoms. The van der Waals surface area contributed by atoms with Crippen molar-refractivity contribution >= 4 is 50.4 Å². The first kappa shape index (κ1) is 26.3. The molecule has 37 heavy (non-hydrogen) atoms. The second-order valence-electron chi connectivity index (χ2n) is 8.18. The minimum Gasteiger partial charge on any atom is -0.490 e. The molecular weight excluding hydrogens is 554 g/mol. The van der Waals surface area contributed by atoms with Crippen molar-refractivity contribution in [2.24, 2.45) is 0 Å². The van der Waals surface area contributed by atoms with Crippen molar-refractivity contribution in [3.63, 3.8) is 0 Å². The SMILES string of the molecule is CCOc1cc(/C=C(/C#N)C(=O)NCCc2c[nH]c3ccccc23)cc(Br)c1OCc1ccccc1Cl. The Labute approximate surface area is 229 Å². The standard InChI is InChI=1S/C29H25BrClN3O3/c1-2-36-27-15-19(14-24(30)28(27)37-18-21-7-3-5-9-25(21)31)13-22(16-32)29(35)33-12-11-20-17-34-26-10-6-4-8-23(20)26/h3-10,13-15,17,34H,2,11-12,18H2,1H3,(H,33,35)/b22-13-. The molecule has 3 aromatic carbocycles. The molecule has 0 radical (unpaired) electrons. The van der Waals surface area contributed by atoms with E-state index >= 15 is 0 Å². The molecule has 0 spiro atoms. The quantitative estimate of drug-likeness (QED) is 0.160. The van der Waals surface area contributed by atoms with Crippen LogP contribution in [-0.4, -0.2) is 24.0 Å². The van der Waals surface area contributed by atoms with E-state index < -0.39 is 5.91 Å². The van der Waals surface area contributed by atoms with E-state index in [1.165, 1.54) is 6.08 Å². The molecule has 4 rings (SSSR count). The van der Waals surface area contributed by atoms with Crippen LogP contribution in [0.2, 0.25) is 5.02 Å². The Bertz CT molecular complexity index is 1490. The number of hydrogen-bond donors (Lipinski definition) is 2. The number of carbonyl (C=O) groups excluding carboxylic acids is 1. The highest BCUT2D eigenvalue weighted by molar-refractivity contribution is 9.10. The fourth-order valence-electron chi connectivity index (χ4n) is 3.90. The number of hydrogen-bond acceptors (Lipinski definition) is 4. The number of H-pyrrole nitrogens is 1. The maximum atomic E-state index is 12.7. The Morgan fingerprint density at radius 2 is 1.92 bits per heavy atom. The van der Waals surface area contributed by atoms with E-state index in [4.69, 9.17) is 21.1 Å². The number of rotatable bonds is 10. The molecule has 0 saturated carbocycles. The lowest BCUT2D eigenvalue weighted by atomic mass is 10.1. The molecule has 2 N–H and O–H groups in total. The molecule has 0 fully saturated rings. The first-order chi connectivity index (χ1) is 18.0. The van der Waals surface area contributed by atoms with Crippen LogP contribution in [0.4, 0.5) is 0 Å². The minimum atomic E-state index is -0.435. The molecule has 8 heteroatoms. The van der Waals surface area contributed by atoms with Crippen LogP contribution in [0.3, 0.4) is 0 Å². The first-order valence-electron chi connectivity index (χ1n) is 11.8. The van der Waals surface area contributed by atoms with Crippen molar-refractivity contribution in [3.8, 4) is 17.6 Å². The Hall–Kier alpha value is -3.73. The number of aromatic amines is 1. The van der Waals surface area contributed by atoms with Crippen molar-refractivity contribution in [3.05, 3.63) is 98.6 Å². The number of ether oxygens (including phenoxy) is 2. The summed E-state index contributed by atoms with van der Waals surface area (Å²) in [6, 6.07) is 21.0. The summed E-state index contributed by atoms with van der Waals surface area (Å²) < 4.78 is 12.4. The molecule has 1 aromatic heterocycles. The zero-order valence-corrected chi connectivity index (χ0v) is 22.5. The average Bonchev–Trinajstić information content (AvgIpc) is 3.31. The zero-order valence-electron chi connectivity index (χ0n) is 20.2. The predicted octanol–water partition coefficient (Wildman–Crippen LogP) is 6.83. The van der Waals surface area contributed by atoms with Crippen LogP contribution in [0.1, 0.15) is 23.6 Å². The molecule has 0 saturated heterocycles. The highest BCUT2D eigenvalue weighted by Crippen LogP contribution is 2.38. The third-order valence-electron chi connectivity index (χ3n) is 5.69. The van der Waals surface area contributed by atoms with Gasteiger partial charge in [-0.25, -0.2) is 0 Å². The monoisotopic (exact) mass is 577 g/mol. The van der Waals surface area contributed by atoms with Crippen LogP contribution >= 0.6 is 27.5 Å². The van der Waals surface area contributed by atoms with Gasteiger partial charge in [-0.05, 0) is 70.7 Å². The smallest absolute Gasteiger partial charge is 0.261 e. The van der Waals surface area contributed by atoms with Crippen LogP contribution in [0, 0.1) is 11.3 Å². The second kappa shape index (κ2) is 12.5. The van der Waals surface area contributed by atoms with E-state index in [1.54, 1.807) is 12.1 Å². The van der Waals surface area contributed by atoms with Crippen LogP contribution in [-0.2, 0) is 17.8 Å².